The third kappa shape index (κ3) is 9.31. The molecule has 4 heteroatoms. The molecule has 0 aliphatic carbocycles. The highest BCUT2D eigenvalue weighted by molar-refractivity contribution is 5.71. The molecule has 0 spiro atoms. The van der Waals surface area contributed by atoms with E-state index in [1.807, 2.05) is 13.0 Å². The molecule has 0 saturated carbocycles. The molecule has 1 aliphatic heterocycles. The average Bonchev–Trinajstić information content (AvgIpc) is 2.74. The second-order valence-corrected chi connectivity index (χ2v) is 11.0. The first-order valence-corrected chi connectivity index (χ1v) is 13.3. The van der Waals surface area contributed by atoms with Crippen LogP contribution in [0.2, 0.25) is 0 Å². The summed E-state index contributed by atoms with van der Waals surface area (Å²) in [5.41, 5.74) is 2.27. The van der Waals surface area contributed by atoms with E-state index in [0.29, 0.717) is 12.3 Å². The summed E-state index contributed by atoms with van der Waals surface area (Å²) in [5.74, 6) is 1.39. The molecule has 1 aromatic carbocycles. The highest BCUT2D eigenvalue weighted by Gasteiger charge is 2.40. The fourth-order valence-corrected chi connectivity index (χ4v) is 5.01. The summed E-state index contributed by atoms with van der Waals surface area (Å²) >= 11 is 0. The minimum Gasteiger partial charge on any atom is -0.479 e. The summed E-state index contributed by atoms with van der Waals surface area (Å²) < 4.78 is 12.5. The normalized spacial score (nSPS) is 20.7. The molecule has 0 saturated heterocycles. The number of fused-ring (bicyclic) bond motifs is 1. The fraction of sp³-hybridized carbons (Fsp3) is 0.759. The fourth-order valence-electron chi connectivity index (χ4n) is 5.01. The van der Waals surface area contributed by atoms with Crippen LogP contribution in [-0.4, -0.2) is 23.0 Å². The summed E-state index contributed by atoms with van der Waals surface area (Å²) in [7, 11) is 0. The first kappa shape index (κ1) is 27.7. The van der Waals surface area contributed by atoms with Gasteiger partial charge in [-0.05, 0) is 55.6 Å². The van der Waals surface area contributed by atoms with Crippen LogP contribution in [0.4, 0.5) is 0 Å². The lowest BCUT2D eigenvalue weighted by atomic mass is 9.90. The van der Waals surface area contributed by atoms with Gasteiger partial charge >= 0.3 is 5.97 Å². The molecule has 0 aromatic heterocycles. The zero-order valence-electron chi connectivity index (χ0n) is 22.0. The van der Waals surface area contributed by atoms with Crippen LogP contribution in [0.3, 0.4) is 0 Å². The van der Waals surface area contributed by atoms with Crippen molar-refractivity contribution in [1.82, 2.24) is 0 Å². The molecule has 0 fully saturated rings. The van der Waals surface area contributed by atoms with Gasteiger partial charge in [-0.1, -0.05) is 90.8 Å². The van der Waals surface area contributed by atoms with E-state index in [4.69, 9.17) is 9.47 Å². The van der Waals surface area contributed by atoms with Crippen LogP contribution in [-0.2, 0) is 16.0 Å². The van der Waals surface area contributed by atoms with Crippen LogP contribution in [0.1, 0.15) is 110 Å². The van der Waals surface area contributed by atoms with E-state index in [0.717, 1.165) is 48.8 Å². The van der Waals surface area contributed by atoms with Crippen LogP contribution in [0, 0.1) is 24.7 Å². The van der Waals surface area contributed by atoms with Crippen LogP contribution in [0.15, 0.2) is 18.2 Å². The number of carbonyl (C=O) groups is 1. The van der Waals surface area contributed by atoms with Crippen molar-refractivity contribution < 1.29 is 19.4 Å². The van der Waals surface area contributed by atoms with Gasteiger partial charge in [0.2, 0.25) is 5.79 Å². The Labute approximate surface area is 202 Å². The summed E-state index contributed by atoms with van der Waals surface area (Å²) in [4.78, 5) is 11.5. The van der Waals surface area contributed by atoms with Gasteiger partial charge in [0.25, 0.3) is 0 Å². The number of hydrogen-bond donors (Lipinski definition) is 1. The molecule has 4 atom stereocenters. The van der Waals surface area contributed by atoms with Crippen molar-refractivity contribution in [2.45, 2.75) is 124 Å². The molecule has 1 aliphatic rings. The smallest absolute Gasteiger partial charge is 0.332 e. The molecule has 1 unspecified atom stereocenters. The van der Waals surface area contributed by atoms with E-state index < -0.39 is 17.9 Å². The molecule has 33 heavy (non-hydrogen) atoms. The van der Waals surface area contributed by atoms with Gasteiger partial charge in [0, 0.05) is 12.8 Å². The topological polar surface area (TPSA) is 55.8 Å². The summed E-state index contributed by atoms with van der Waals surface area (Å²) in [6, 6.07) is 6.19. The zero-order valence-corrected chi connectivity index (χ0v) is 22.0. The van der Waals surface area contributed by atoms with Gasteiger partial charge in [-0.15, -0.1) is 0 Å². The number of carboxylic acid groups (broad SMARTS) is 1. The van der Waals surface area contributed by atoms with Crippen molar-refractivity contribution in [3.8, 4) is 5.75 Å². The predicted octanol–water partition coefficient (Wildman–Crippen LogP) is 7.95. The molecule has 0 bridgehead atoms. The Morgan fingerprint density at radius 3 is 2.21 bits per heavy atom. The summed E-state index contributed by atoms with van der Waals surface area (Å²) in [6.45, 7) is 13.0. The van der Waals surface area contributed by atoms with Crippen molar-refractivity contribution in [2.75, 3.05) is 0 Å². The van der Waals surface area contributed by atoms with Gasteiger partial charge in [-0.3, -0.25) is 0 Å². The maximum absolute atomic E-state index is 11.5. The maximum atomic E-state index is 11.5. The molecule has 0 radical (unpaired) electrons. The first-order chi connectivity index (χ1) is 15.6. The lowest BCUT2D eigenvalue weighted by molar-refractivity contribution is -0.227. The van der Waals surface area contributed by atoms with Crippen LogP contribution in [0.25, 0.3) is 0 Å². The monoisotopic (exact) mass is 460 g/mol. The molecule has 1 heterocycles. The molecule has 188 valence electrons. The van der Waals surface area contributed by atoms with Gasteiger partial charge in [-0.2, -0.15) is 0 Å². The van der Waals surface area contributed by atoms with Crippen molar-refractivity contribution in [1.29, 1.82) is 0 Å². The van der Waals surface area contributed by atoms with E-state index in [1.165, 1.54) is 44.1 Å². The average molecular weight is 461 g/mol. The molecule has 0 amide bonds. The Hall–Kier alpha value is -1.55. The number of benzene rings is 1. The van der Waals surface area contributed by atoms with Crippen molar-refractivity contribution >= 4 is 5.97 Å². The lowest BCUT2D eigenvalue weighted by Gasteiger charge is -2.40. The minimum absolute atomic E-state index is 0.666. The third-order valence-corrected chi connectivity index (χ3v) is 7.22. The number of carboxylic acids is 1. The first-order valence-electron chi connectivity index (χ1n) is 13.3. The van der Waals surface area contributed by atoms with Crippen LogP contribution >= 0.6 is 0 Å². The number of para-hydroxylation sites is 1. The second kappa shape index (κ2) is 13.4. The predicted molar refractivity (Wildman–Crippen MR) is 136 cm³/mol. The van der Waals surface area contributed by atoms with E-state index in [-0.39, 0.29) is 0 Å². The Kier molecular flexibility index (Phi) is 11.2. The molecular weight excluding hydrogens is 412 g/mol. The highest BCUT2D eigenvalue weighted by Crippen LogP contribution is 2.40. The number of hydrogen-bond acceptors (Lipinski definition) is 3. The van der Waals surface area contributed by atoms with E-state index in [9.17, 15) is 9.90 Å². The van der Waals surface area contributed by atoms with Crippen molar-refractivity contribution in [2.24, 2.45) is 17.8 Å². The van der Waals surface area contributed by atoms with Gasteiger partial charge < -0.3 is 14.6 Å². The van der Waals surface area contributed by atoms with Gasteiger partial charge in [-0.25, -0.2) is 4.79 Å². The molecule has 4 nitrogen and oxygen atoms in total. The summed E-state index contributed by atoms with van der Waals surface area (Å²) in [5, 5.41) is 9.43. The number of ether oxygens (including phenoxy) is 2. The second-order valence-electron chi connectivity index (χ2n) is 11.0. The number of aliphatic carboxylic acids is 1. The summed E-state index contributed by atoms with van der Waals surface area (Å²) in [6.07, 6.45) is 11.4. The molecule has 1 N–H and O–H groups in total. The van der Waals surface area contributed by atoms with E-state index in [1.54, 1.807) is 6.92 Å². The zero-order chi connectivity index (χ0) is 24.4. The Morgan fingerprint density at radius 1 is 1.00 bits per heavy atom. The van der Waals surface area contributed by atoms with E-state index in [2.05, 4.69) is 39.8 Å². The van der Waals surface area contributed by atoms with Crippen molar-refractivity contribution in [3.63, 3.8) is 0 Å². The molecular formula is C29H48O4. The van der Waals surface area contributed by atoms with Crippen LogP contribution in [0.5, 0.6) is 5.75 Å². The largest absolute Gasteiger partial charge is 0.479 e. The quantitative estimate of drug-likeness (QED) is 0.288. The van der Waals surface area contributed by atoms with Crippen molar-refractivity contribution in [3.05, 3.63) is 29.3 Å². The molecule has 2 rings (SSSR count). The Balaban J connectivity index is 1.83. The number of aryl methyl sites for hydroxylation is 2. The van der Waals surface area contributed by atoms with E-state index >= 15 is 0 Å². The lowest BCUT2D eigenvalue weighted by Crippen LogP contribution is -2.46. The molecule has 1 aromatic rings. The highest BCUT2D eigenvalue weighted by atomic mass is 16.7. The maximum Gasteiger partial charge on any atom is 0.332 e. The third-order valence-electron chi connectivity index (χ3n) is 7.22. The Morgan fingerprint density at radius 2 is 1.61 bits per heavy atom. The van der Waals surface area contributed by atoms with Gasteiger partial charge in [0.1, 0.15) is 5.75 Å². The standard InChI is InChI=1S/C29H48O4/c1-21(2)11-7-12-22(3)13-8-14-23(4)15-10-19-29(32-25(6)28(30)31)20-18-26-17-9-16-24(5)27(26)33-29/h9,16-17,21-23,25H,7-8,10-15,18-20H2,1-6H3,(H,30,31)/t22-,23-,25?,29-/m1/s1. The minimum atomic E-state index is -0.940. The van der Waals surface area contributed by atoms with Gasteiger partial charge in [0.05, 0.1) is 0 Å². The van der Waals surface area contributed by atoms with Gasteiger partial charge in [0.15, 0.2) is 6.10 Å². The Bertz CT molecular complexity index is 728. The van der Waals surface area contributed by atoms with Crippen LogP contribution < -0.4 is 4.74 Å². The SMILES string of the molecule is Cc1cccc2c1O[C@@](CCC[C@H](C)CCC[C@H](C)CCCC(C)C)(OC(C)C(=O)O)CC2. The number of rotatable bonds is 15.